The van der Waals surface area contributed by atoms with Crippen molar-refractivity contribution in [1.29, 1.82) is 0 Å². The molecule has 8 nitrogen and oxygen atoms in total. The molecule has 0 radical (unpaired) electrons. The SMILES string of the molecule is COc1ccc(N=C2S[C@H](CC(=O)Nc3ccc(C(C)=O)cc3)C(=O)N2Cc2ccco2)cc1. The van der Waals surface area contributed by atoms with E-state index in [9.17, 15) is 14.4 Å². The molecule has 2 heterocycles. The van der Waals surface area contributed by atoms with Gasteiger partial charge in [-0.3, -0.25) is 19.3 Å². The zero-order valence-corrected chi connectivity index (χ0v) is 19.5. The number of ketones is 1. The van der Waals surface area contributed by atoms with E-state index in [2.05, 4.69) is 10.3 Å². The molecule has 3 aromatic rings. The molecule has 0 spiro atoms. The van der Waals surface area contributed by atoms with Crippen molar-refractivity contribution in [2.24, 2.45) is 4.99 Å². The summed E-state index contributed by atoms with van der Waals surface area (Å²) < 4.78 is 10.6. The molecule has 1 N–H and O–H groups in total. The van der Waals surface area contributed by atoms with E-state index in [4.69, 9.17) is 9.15 Å². The van der Waals surface area contributed by atoms with E-state index in [0.29, 0.717) is 33.6 Å². The maximum Gasteiger partial charge on any atom is 0.243 e. The molecule has 1 aromatic heterocycles. The van der Waals surface area contributed by atoms with Crippen molar-refractivity contribution in [3.05, 3.63) is 78.3 Å². The Bertz CT molecular complexity index is 1200. The number of carbonyl (C=O) groups excluding carboxylic acids is 3. The van der Waals surface area contributed by atoms with Gasteiger partial charge in [-0.2, -0.15) is 0 Å². The second-order valence-corrected chi connectivity index (χ2v) is 8.76. The van der Waals surface area contributed by atoms with Crippen LogP contribution in [0.1, 0.15) is 29.5 Å². The third kappa shape index (κ3) is 5.55. The normalized spacial score (nSPS) is 16.6. The number of carbonyl (C=O) groups is 3. The van der Waals surface area contributed by atoms with E-state index in [1.165, 1.54) is 23.6 Å². The zero-order chi connectivity index (χ0) is 24.1. The molecule has 2 aromatic carbocycles. The molecule has 1 aliphatic rings. The molecule has 4 rings (SSSR count). The summed E-state index contributed by atoms with van der Waals surface area (Å²) in [4.78, 5) is 43.4. The number of thioether (sulfide) groups is 1. The Labute approximate surface area is 201 Å². The summed E-state index contributed by atoms with van der Waals surface area (Å²) >= 11 is 1.25. The van der Waals surface area contributed by atoms with Crippen molar-refractivity contribution in [3.63, 3.8) is 0 Å². The lowest BCUT2D eigenvalue weighted by molar-refractivity contribution is -0.128. The van der Waals surface area contributed by atoms with Crippen molar-refractivity contribution in [2.75, 3.05) is 12.4 Å². The van der Waals surface area contributed by atoms with Crippen LogP contribution in [0.3, 0.4) is 0 Å². The lowest BCUT2D eigenvalue weighted by Gasteiger charge is -2.15. The fourth-order valence-corrected chi connectivity index (χ4v) is 4.52. The predicted octanol–water partition coefficient (Wildman–Crippen LogP) is 4.65. The van der Waals surface area contributed by atoms with Gasteiger partial charge in [0.05, 0.1) is 25.6 Å². The fraction of sp³-hybridized carbons (Fsp3) is 0.200. The Balaban J connectivity index is 1.49. The molecule has 1 fully saturated rings. The van der Waals surface area contributed by atoms with Gasteiger partial charge in [0.1, 0.15) is 16.8 Å². The number of Topliss-reactive ketones (excluding diaryl/α,β-unsaturated/α-hetero) is 1. The van der Waals surface area contributed by atoms with Gasteiger partial charge in [0.15, 0.2) is 11.0 Å². The highest BCUT2D eigenvalue weighted by Crippen LogP contribution is 2.33. The van der Waals surface area contributed by atoms with Gasteiger partial charge in [-0.25, -0.2) is 4.99 Å². The average Bonchev–Trinajstić information content (AvgIpc) is 3.44. The van der Waals surface area contributed by atoms with Gasteiger partial charge in [-0.15, -0.1) is 0 Å². The van der Waals surface area contributed by atoms with Gasteiger partial charge in [-0.1, -0.05) is 11.8 Å². The molecule has 1 saturated heterocycles. The Kier molecular flexibility index (Phi) is 7.12. The number of hydrogen-bond acceptors (Lipinski definition) is 7. The minimum absolute atomic E-state index is 0.0196. The maximum absolute atomic E-state index is 13.2. The highest BCUT2D eigenvalue weighted by atomic mass is 32.2. The Hall–Kier alpha value is -3.85. The number of furan rings is 1. The number of methoxy groups -OCH3 is 1. The topological polar surface area (TPSA) is 101 Å². The molecule has 0 aliphatic carbocycles. The number of anilines is 1. The van der Waals surface area contributed by atoms with Gasteiger partial charge in [0.2, 0.25) is 11.8 Å². The first-order valence-corrected chi connectivity index (χ1v) is 11.4. The smallest absolute Gasteiger partial charge is 0.243 e. The summed E-state index contributed by atoms with van der Waals surface area (Å²) in [5, 5.41) is 2.66. The Morgan fingerprint density at radius 1 is 1.12 bits per heavy atom. The second-order valence-electron chi connectivity index (χ2n) is 7.59. The Morgan fingerprint density at radius 3 is 2.47 bits per heavy atom. The number of amides is 2. The largest absolute Gasteiger partial charge is 0.497 e. The van der Waals surface area contributed by atoms with E-state index in [1.807, 2.05) is 0 Å². The summed E-state index contributed by atoms with van der Waals surface area (Å²) in [6.07, 6.45) is 1.53. The van der Waals surface area contributed by atoms with E-state index in [1.54, 1.807) is 74.0 Å². The monoisotopic (exact) mass is 477 g/mol. The first-order chi connectivity index (χ1) is 16.4. The van der Waals surface area contributed by atoms with Crippen molar-refractivity contribution in [1.82, 2.24) is 4.90 Å². The third-order valence-electron chi connectivity index (χ3n) is 5.16. The number of ether oxygens (including phenoxy) is 1. The van der Waals surface area contributed by atoms with Crippen LogP contribution in [0.25, 0.3) is 0 Å². The Morgan fingerprint density at radius 2 is 1.85 bits per heavy atom. The van der Waals surface area contributed by atoms with E-state index in [-0.39, 0.29) is 30.6 Å². The summed E-state index contributed by atoms with van der Waals surface area (Å²) in [6.45, 7) is 1.70. The highest BCUT2D eigenvalue weighted by molar-refractivity contribution is 8.15. The van der Waals surface area contributed by atoms with Gasteiger partial charge in [0, 0.05) is 17.7 Å². The number of amidine groups is 1. The summed E-state index contributed by atoms with van der Waals surface area (Å²) in [6, 6.07) is 17.4. The number of aliphatic imine (C=N–C) groups is 1. The zero-order valence-electron chi connectivity index (χ0n) is 18.7. The van der Waals surface area contributed by atoms with Crippen LogP contribution in [-0.2, 0) is 16.1 Å². The van der Waals surface area contributed by atoms with E-state index < -0.39 is 5.25 Å². The van der Waals surface area contributed by atoms with Crippen molar-refractivity contribution in [3.8, 4) is 5.75 Å². The van der Waals surface area contributed by atoms with Crippen LogP contribution < -0.4 is 10.1 Å². The third-order valence-corrected chi connectivity index (χ3v) is 6.33. The van der Waals surface area contributed by atoms with Crippen LogP contribution in [0.2, 0.25) is 0 Å². The predicted molar refractivity (Wildman–Crippen MR) is 130 cm³/mol. The van der Waals surface area contributed by atoms with Crippen LogP contribution >= 0.6 is 11.8 Å². The summed E-state index contributed by atoms with van der Waals surface area (Å²) in [5.74, 6) is 0.761. The van der Waals surface area contributed by atoms with Crippen LogP contribution in [-0.4, -0.2) is 40.0 Å². The first-order valence-electron chi connectivity index (χ1n) is 10.6. The standard InChI is InChI=1S/C25H23N3O5S/c1-16(29)17-5-7-18(8-6-17)26-23(30)14-22-24(31)28(15-21-4-3-13-33-21)25(34-22)27-19-9-11-20(32-2)12-10-19/h3-13,22H,14-15H2,1-2H3,(H,26,30)/t22-/m1/s1. The molecule has 0 bridgehead atoms. The average molecular weight is 478 g/mol. The van der Waals surface area contributed by atoms with Crippen LogP contribution in [0, 0.1) is 0 Å². The minimum Gasteiger partial charge on any atom is -0.497 e. The molecule has 0 unspecified atom stereocenters. The maximum atomic E-state index is 13.2. The van der Waals surface area contributed by atoms with Crippen molar-refractivity contribution < 1.29 is 23.5 Å². The van der Waals surface area contributed by atoms with Crippen molar-refractivity contribution >= 4 is 45.9 Å². The molecular weight excluding hydrogens is 454 g/mol. The number of nitrogens with zero attached hydrogens (tertiary/aromatic N) is 2. The number of rotatable bonds is 8. The van der Waals surface area contributed by atoms with Gasteiger partial charge < -0.3 is 14.5 Å². The minimum atomic E-state index is -0.622. The molecule has 2 amide bonds. The molecule has 174 valence electrons. The molecule has 1 atom stereocenters. The number of benzene rings is 2. The molecule has 1 aliphatic heterocycles. The highest BCUT2D eigenvalue weighted by Gasteiger charge is 2.39. The summed E-state index contributed by atoms with van der Waals surface area (Å²) in [7, 11) is 1.59. The molecule has 34 heavy (non-hydrogen) atoms. The quantitative estimate of drug-likeness (QED) is 0.474. The summed E-state index contributed by atoms with van der Waals surface area (Å²) in [5.41, 5.74) is 1.79. The molecule has 9 heteroatoms. The second kappa shape index (κ2) is 10.4. The number of nitrogens with one attached hydrogen (secondary N) is 1. The van der Waals surface area contributed by atoms with Crippen LogP contribution in [0.4, 0.5) is 11.4 Å². The van der Waals surface area contributed by atoms with Gasteiger partial charge >= 0.3 is 0 Å². The fourth-order valence-electron chi connectivity index (χ4n) is 3.36. The lowest BCUT2D eigenvalue weighted by Crippen LogP contribution is -2.33. The lowest BCUT2D eigenvalue weighted by atomic mass is 10.1. The first kappa shape index (κ1) is 23.3. The molecule has 0 saturated carbocycles. The molecular formula is C25H23N3O5S. The van der Waals surface area contributed by atoms with Crippen LogP contribution in [0.5, 0.6) is 5.75 Å². The van der Waals surface area contributed by atoms with E-state index in [0.717, 1.165) is 0 Å². The van der Waals surface area contributed by atoms with Gasteiger partial charge in [-0.05, 0) is 67.6 Å². The van der Waals surface area contributed by atoms with E-state index >= 15 is 0 Å². The number of hydrogen-bond donors (Lipinski definition) is 1. The van der Waals surface area contributed by atoms with Gasteiger partial charge in [0.25, 0.3) is 0 Å². The van der Waals surface area contributed by atoms with Crippen molar-refractivity contribution in [2.45, 2.75) is 25.1 Å². The van der Waals surface area contributed by atoms with Crippen LogP contribution in [0.15, 0.2) is 76.3 Å².